The first-order valence-electron chi connectivity index (χ1n) is 5.62. The van der Waals surface area contributed by atoms with Crippen LogP contribution in [0.1, 0.15) is 22.3 Å². The zero-order valence-corrected chi connectivity index (χ0v) is 11.1. The van der Waals surface area contributed by atoms with E-state index < -0.39 is 0 Å². The van der Waals surface area contributed by atoms with E-state index >= 15 is 0 Å². The van der Waals surface area contributed by atoms with Crippen molar-refractivity contribution in [2.24, 2.45) is 0 Å². The summed E-state index contributed by atoms with van der Waals surface area (Å²) in [5.41, 5.74) is 7.72. The zero-order chi connectivity index (χ0) is 13.1. The van der Waals surface area contributed by atoms with E-state index in [-0.39, 0.29) is 5.97 Å². The third-order valence-corrected chi connectivity index (χ3v) is 3.42. The van der Waals surface area contributed by atoms with E-state index in [1.54, 1.807) is 6.92 Å². The molecular weight excluding hydrogens is 248 g/mol. The number of esters is 1. The Kier molecular flexibility index (Phi) is 3.62. The maximum Gasteiger partial charge on any atom is 0.358 e. The molecule has 2 N–H and O–H groups in total. The summed E-state index contributed by atoms with van der Waals surface area (Å²) in [5.74, 6) is -0.374. The molecule has 0 saturated carbocycles. The van der Waals surface area contributed by atoms with Gasteiger partial charge in [0.1, 0.15) is 5.01 Å². The van der Waals surface area contributed by atoms with Crippen LogP contribution >= 0.6 is 11.3 Å². The molecule has 0 spiro atoms. The zero-order valence-electron chi connectivity index (χ0n) is 10.3. The molecule has 5 heteroatoms. The third-order valence-electron chi connectivity index (χ3n) is 2.40. The summed E-state index contributed by atoms with van der Waals surface area (Å²) in [4.78, 5) is 16.9. The van der Waals surface area contributed by atoms with Crippen LogP contribution in [0.3, 0.4) is 0 Å². The summed E-state index contributed by atoms with van der Waals surface area (Å²) >= 11 is 1.46. The average Bonchev–Trinajstić information content (AvgIpc) is 2.72. The number of hydrogen-bond acceptors (Lipinski definition) is 5. The van der Waals surface area contributed by atoms with Gasteiger partial charge in [0, 0.05) is 16.1 Å². The molecule has 0 bridgehead atoms. The minimum absolute atomic E-state index is 0.351. The highest BCUT2D eigenvalue weighted by molar-refractivity contribution is 7.15. The molecule has 0 saturated heterocycles. The van der Waals surface area contributed by atoms with E-state index in [2.05, 4.69) is 4.98 Å². The van der Waals surface area contributed by atoms with Crippen molar-refractivity contribution in [2.45, 2.75) is 13.8 Å². The Labute approximate surface area is 109 Å². The second-order valence-electron chi connectivity index (χ2n) is 3.77. The molecule has 0 aliphatic rings. The van der Waals surface area contributed by atoms with Crippen LogP contribution in [0.2, 0.25) is 0 Å². The summed E-state index contributed by atoms with van der Waals surface area (Å²) in [7, 11) is 0. The molecule has 0 atom stereocenters. The van der Waals surface area contributed by atoms with Gasteiger partial charge >= 0.3 is 5.97 Å². The number of benzene rings is 1. The molecular formula is C13H14N2O2S. The van der Waals surface area contributed by atoms with Crippen molar-refractivity contribution in [3.05, 3.63) is 34.8 Å². The van der Waals surface area contributed by atoms with Crippen LogP contribution in [0, 0.1) is 6.92 Å². The van der Waals surface area contributed by atoms with Crippen LogP contribution in [-0.2, 0) is 4.74 Å². The Morgan fingerprint density at radius 3 is 2.94 bits per heavy atom. The highest BCUT2D eigenvalue weighted by atomic mass is 32.1. The summed E-state index contributed by atoms with van der Waals surface area (Å²) in [6, 6.07) is 7.44. The van der Waals surface area contributed by atoms with Crippen molar-refractivity contribution in [3.63, 3.8) is 0 Å². The monoisotopic (exact) mass is 262 g/mol. The Morgan fingerprint density at radius 2 is 2.28 bits per heavy atom. The van der Waals surface area contributed by atoms with E-state index in [9.17, 15) is 4.79 Å². The Hall–Kier alpha value is -1.88. The standard InChI is InChI=1S/C13H14N2O2S/c1-3-17-13(16)11-8(2)18-12(15-11)9-5-4-6-10(14)7-9/h4-7H,3,14H2,1-2H3. The quantitative estimate of drug-likeness (QED) is 0.682. The summed E-state index contributed by atoms with van der Waals surface area (Å²) in [5, 5.41) is 0.780. The van der Waals surface area contributed by atoms with Crippen molar-refractivity contribution in [2.75, 3.05) is 12.3 Å². The smallest absolute Gasteiger partial charge is 0.358 e. The first kappa shape index (κ1) is 12.6. The molecule has 18 heavy (non-hydrogen) atoms. The fraction of sp³-hybridized carbons (Fsp3) is 0.231. The maximum atomic E-state index is 11.7. The molecule has 0 fully saturated rings. The molecule has 0 aliphatic heterocycles. The molecule has 0 amide bonds. The first-order valence-corrected chi connectivity index (χ1v) is 6.44. The molecule has 4 nitrogen and oxygen atoms in total. The van der Waals surface area contributed by atoms with Crippen molar-refractivity contribution in [1.82, 2.24) is 4.98 Å². The minimum Gasteiger partial charge on any atom is -0.461 e. The SMILES string of the molecule is CCOC(=O)c1nc(-c2cccc(N)c2)sc1C. The number of nitrogens with two attached hydrogens (primary N) is 1. The number of carbonyl (C=O) groups is 1. The van der Waals surface area contributed by atoms with Gasteiger partial charge < -0.3 is 10.5 Å². The molecule has 1 aromatic carbocycles. The number of carbonyl (C=O) groups excluding carboxylic acids is 1. The fourth-order valence-corrected chi connectivity index (χ4v) is 2.48. The number of ether oxygens (including phenoxy) is 1. The van der Waals surface area contributed by atoms with Gasteiger partial charge in [0.25, 0.3) is 0 Å². The second kappa shape index (κ2) is 5.18. The number of hydrogen-bond donors (Lipinski definition) is 1. The van der Waals surface area contributed by atoms with E-state index in [1.165, 1.54) is 11.3 Å². The van der Waals surface area contributed by atoms with Gasteiger partial charge in [-0.05, 0) is 26.0 Å². The van der Waals surface area contributed by atoms with Gasteiger partial charge in [-0.3, -0.25) is 0 Å². The topological polar surface area (TPSA) is 65.2 Å². The van der Waals surface area contributed by atoms with Gasteiger partial charge in [0.05, 0.1) is 6.61 Å². The van der Waals surface area contributed by atoms with Crippen LogP contribution in [0.5, 0.6) is 0 Å². The lowest BCUT2D eigenvalue weighted by molar-refractivity contribution is 0.0519. The van der Waals surface area contributed by atoms with Crippen LogP contribution < -0.4 is 5.73 Å². The Balaban J connectivity index is 2.37. The van der Waals surface area contributed by atoms with Crippen LogP contribution in [0.25, 0.3) is 10.6 Å². The van der Waals surface area contributed by atoms with Crippen molar-refractivity contribution in [3.8, 4) is 10.6 Å². The number of nitrogens with zero attached hydrogens (tertiary/aromatic N) is 1. The van der Waals surface area contributed by atoms with Crippen LogP contribution in [0.4, 0.5) is 5.69 Å². The minimum atomic E-state index is -0.374. The van der Waals surface area contributed by atoms with Crippen LogP contribution in [0.15, 0.2) is 24.3 Å². The molecule has 2 aromatic rings. The normalized spacial score (nSPS) is 10.3. The van der Waals surface area contributed by atoms with E-state index in [4.69, 9.17) is 10.5 Å². The molecule has 1 aromatic heterocycles. The molecule has 2 rings (SSSR count). The third kappa shape index (κ3) is 2.51. The summed E-state index contributed by atoms with van der Waals surface area (Å²) < 4.78 is 4.96. The number of aryl methyl sites for hydroxylation is 1. The largest absolute Gasteiger partial charge is 0.461 e. The molecule has 0 aliphatic carbocycles. The summed E-state index contributed by atoms with van der Waals surface area (Å²) in [6.45, 7) is 3.99. The summed E-state index contributed by atoms with van der Waals surface area (Å²) in [6.07, 6.45) is 0. The maximum absolute atomic E-state index is 11.7. The van der Waals surface area contributed by atoms with Gasteiger partial charge in [-0.2, -0.15) is 0 Å². The van der Waals surface area contributed by atoms with Gasteiger partial charge in [-0.25, -0.2) is 9.78 Å². The highest BCUT2D eigenvalue weighted by Crippen LogP contribution is 2.28. The van der Waals surface area contributed by atoms with E-state index in [1.807, 2.05) is 31.2 Å². The van der Waals surface area contributed by atoms with Gasteiger partial charge in [-0.1, -0.05) is 12.1 Å². The number of aromatic nitrogens is 1. The van der Waals surface area contributed by atoms with Crippen LogP contribution in [-0.4, -0.2) is 17.6 Å². The Morgan fingerprint density at radius 1 is 1.50 bits per heavy atom. The number of anilines is 1. The lowest BCUT2D eigenvalue weighted by atomic mass is 10.2. The fourth-order valence-electron chi connectivity index (χ4n) is 1.58. The molecule has 0 unspecified atom stereocenters. The van der Waals surface area contributed by atoms with Crippen molar-refractivity contribution >= 4 is 23.0 Å². The van der Waals surface area contributed by atoms with E-state index in [0.29, 0.717) is 18.0 Å². The second-order valence-corrected chi connectivity index (χ2v) is 4.97. The molecule has 1 heterocycles. The number of thiazole rings is 1. The molecule has 0 radical (unpaired) electrons. The first-order chi connectivity index (χ1) is 8.61. The number of rotatable bonds is 3. The predicted molar refractivity (Wildman–Crippen MR) is 72.7 cm³/mol. The lowest BCUT2D eigenvalue weighted by Gasteiger charge is -1.98. The lowest BCUT2D eigenvalue weighted by Crippen LogP contribution is -2.06. The highest BCUT2D eigenvalue weighted by Gasteiger charge is 2.17. The number of nitrogen functional groups attached to an aromatic ring is 1. The van der Waals surface area contributed by atoms with Gasteiger partial charge in [0.2, 0.25) is 0 Å². The van der Waals surface area contributed by atoms with Crippen molar-refractivity contribution < 1.29 is 9.53 Å². The predicted octanol–water partition coefficient (Wildman–Crippen LogP) is 2.88. The Bertz CT molecular complexity index is 578. The van der Waals surface area contributed by atoms with Gasteiger partial charge in [0.15, 0.2) is 5.69 Å². The van der Waals surface area contributed by atoms with Gasteiger partial charge in [-0.15, -0.1) is 11.3 Å². The average molecular weight is 262 g/mol. The molecule has 94 valence electrons. The van der Waals surface area contributed by atoms with Crippen molar-refractivity contribution in [1.29, 1.82) is 0 Å². The van der Waals surface area contributed by atoms with E-state index in [0.717, 1.165) is 15.4 Å².